The van der Waals surface area contributed by atoms with E-state index < -0.39 is 0 Å². The molecule has 0 radical (unpaired) electrons. The molecular formula is C27H39N3O2. The van der Waals surface area contributed by atoms with Crippen LogP contribution in [0.5, 0.6) is 0 Å². The van der Waals surface area contributed by atoms with E-state index in [0.717, 1.165) is 38.9 Å². The van der Waals surface area contributed by atoms with Crippen molar-refractivity contribution in [1.29, 1.82) is 0 Å². The number of hydrogen-bond acceptors (Lipinski definition) is 3. The van der Waals surface area contributed by atoms with Gasteiger partial charge in [0.2, 0.25) is 11.8 Å². The SMILES string of the molecule is CCC[C@H](C(N)=O)[C@@H](CC(C)C)C(=O)N1CCC(NCc2cccc3ccccc23)CC1. The first-order valence-electron chi connectivity index (χ1n) is 12.2. The number of nitrogens with one attached hydrogen (secondary N) is 1. The van der Waals surface area contributed by atoms with Gasteiger partial charge in [-0.2, -0.15) is 0 Å². The van der Waals surface area contributed by atoms with Gasteiger partial charge in [-0.25, -0.2) is 0 Å². The molecule has 1 saturated heterocycles. The predicted molar refractivity (Wildman–Crippen MR) is 131 cm³/mol. The summed E-state index contributed by atoms with van der Waals surface area (Å²) in [7, 11) is 0. The highest BCUT2D eigenvalue weighted by molar-refractivity contribution is 5.87. The predicted octanol–water partition coefficient (Wildman–Crippen LogP) is 4.48. The van der Waals surface area contributed by atoms with Crippen molar-refractivity contribution in [2.75, 3.05) is 13.1 Å². The minimum atomic E-state index is -0.364. The Bertz CT molecular complexity index is 897. The minimum Gasteiger partial charge on any atom is -0.369 e. The number of rotatable bonds is 10. The van der Waals surface area contributed by atoms with Crippen LogP contribution < -0.4 is 11.1 Å². The molecule has 1 aliphatic heterocycles. The number of nitrogens with two attached hydrogens (primary N) is 1. The van der Waals surface area contributed by atoms with Crippen LogP contribution in [0.25, 0.3) is 10.8 Å². The maximum atomic E-state index is 13.4. The maximum Gasteiger partial charge on any atom is 0.226 e. The van der Waals surface area contributed by atoms with E-state index in [1.165, 1.54) is 16.3 Å². The Morgan fingerprint density at radius 3 is 2.41 bits per heavy atom. The van der Waals surface area contributed by atoms with E-state index in [4.69, 9.17) is 5.73 Å². The highest BCUT2D eigenvalue weighted by atomic mass is 16.2. The van der Waals surface area contributed by atoms with E-state index in [1.54, 1.807) is 0 Å². The summed E-state index contributed by atoms with van der Waals surface area (Å²) in [6.07, 6.45) is 4.11. The van der Waals surface area contributed by atoms with Gasteiger partial charge in [-0.1, -0.05) is 69.7 Å². The molecule has 1 aliphatic rings. The van der Waals surface area contributed by atoms with Gasteiger partial charge in [0.1, 0.15) is 0 Å². The molecule has 2 amide bonds. The zero-order valence-electron chi connectivity index (χ0n) is 19.8. The van der Waals surface area contributed by atoms with Gasteiger partial charge in [-0.3, -0.25) is 9.59 Å². The molecule has 0 aliphatic carbocycles. The van der Waals surface area contributed by atoms with Gasteiger partial charge in [0.25, 0.3) is 0 Å². The van der Waals surface area contributed by atoms with Crippen molar-refractivity contribution < 1.29 is 9.59 Å². The number of amides is 2. The van der Waals surface area contributed by atoms with Crippen LogP contribution in [-0.2, 0) is 16.1 Å². The Labute approximate surface area is 192 Å². The molecule has 0 spiro atoms. The lowest BCUT2D eigenvalue weighted by Gasteiger charge is -2.36. The van der Waals surface area contributed by atoms with Gasteiger partial charge in [0.15, 0.2) is 0 Å². The molecule has 5 nitrogen and oxygen atoms in total. The van der Waals surface area contributed by atoms with E-state index in [0.29, 0.717) is 24.8 Å². The molecule has 0 aromatic heterocycles. The fourth-order valence-electron chi connectivity index (χ4n) is 5.04. The number of nitrogens with zero attached hydrogens (tertiary/aromatic N) is 1. The summed E-state index contributed by atoms with van der Waals surface area (Å²) in [5, 5.41) is 6.26. The number of carbonyl (C=O) groups excluding carboxylic acids is 2. The summed E-state index contributed by atoms with van der Waals surface area (Å²) in [5.41, 5.74) is 7.01. The van der Waals surface area contributed by atoms with Crippen molar-refractivity contribution in [3.63, 3.8) is 0 Å². The second-order valence-corrected chi connectivity index (χ2v) is 9.65. The third-order valence-corrected chi connectivity index (χ3v) is 6.76. The number of piperidine rings is 1. The lowest BCUT2D eigenvalue weighted by Crippen LogP contribution is -2.49. The molecule has 1 fully saturated rings. The normalized spacial score (nSPS) is 16.9. The molecular weight excluding hydrogens is 398 g/mol. The summed E-state index contributed by atoms with van der Waals surface area (Å²) in [5.74, 6) is -0.534. The van der Waals surface area contributed by atoms with Crippen LogP contribution in [0, 0.1) is 17.8 Å². The Balaban J connectivity index is 1.58. The zero-order valence-corrected chi connectivity index (χ0v) is 19.8. The lowest BCUT2D eigenvalue weighted by molar-refractivity contribution is -0.143. The first-order valence-corrected chi connectivity index (χ1v) is 12.2. The quantitative estimate of drug-likeness (QED) is 0.575. The Morgan fingerprint density at radius 2 is 1.75 bits per heavy atom. The van der Waals surface area contributed by atoms with E-state index in [-0.39, 0.29) is 23.7 Å². The molecule has 32 heavy (non-hydrogen) atoms. The smallest absolute Gasteiger partial charge is 0.226 e. The van der Waals surface area contributed by atoms with E-state index in [2.05, 4.69) is 61.6 Å². The van der Waals surface area contributed by atoms with E-state index >= 15 is 0 Å². The standard InChI is InChI=1S/C27H39N3O2/c1-4-8-24(26(28)31)25(17-19(2)3)27(32)30-15-13-22(14-16-30)29-18-21-11-7-10-20-9-5-6-12-23(20)21/h5-7,9-12,19,22,24-25,29H,4,8,13-18H2,1-3H3,(H2,28,31)/t24-,25+/m0/s1. The van der Waals surface area contributed by atoms with Crippen LogP contribution in [0.1, 0.15) is 58.4 Å². The third-order valence-electron chi connectivity index (χ3n) is 6.76. The van der Waals surface area contributed by atoms with Crippen LogP contribution in [0.15, 0.2) is 42.5 Å². The van der Waals surface area contributed by atoms with Gasteiger partial charge in [-0.15, -0.1) is 0 Å². The average Bonchev–Trinajstić information content (AvgIpc) is 2.79. The van der Waals surface area contributed by atoms with Crippen molar-refractivity contribution in [1.82, 2.24) is 10.2 Å². The van der Waals surface area contributed by atoms with Crippen LogP contribution >= 0.6 is 0 Å². The number of primary amides is 1. The van der Waals surface area contributed by atoms with Crippen molar-refractivity contribution >= 4 is 22.6 Å². The molecule has 3 rings (SSSR count). The first-order chi connectivity index (χ1) is 15.4. The average molecular weight is 438 g/mol. The van der Waals surface area contributed by atoms with Crippen molar-refractivity contribution in [3.05, 3.63) is 48.0 Å². The largest absolute Gasteiger partial charge is 0.369 e. The van der Waals surface area contributed by atoms with E-state index in [9.17, 15) is 9.59 Å². The second kappa shape index (κ2) is 11.5. The topological polar surface area (TPSA) is 75.4 Å². The summed E-state index contributed by atoms with van der Waals surface area (Å²) in [6.45, 7) is 8.55. The number of hydrogen-bond donors (Lipinski definition) is 2. The van der Waals surface area contributed by atoms with Crippen LogP contribution in [-0.4, -0.2) is 35.8 Å². The minimum absolute atomic E-state index is 0.114. The maximum absolute atomic E-state index is 13.4. The number of carbonyl (C=O) groups is 2. The third kappa shape index (κ3) is 6.10. The number of likely N-dealkylation sites (tertiary alicyclic amines) is 1. The Hall–Kier alpha value is -2.40. The molecule has 0 saturated carbocycles. The van der Waals surface area contributed by atoms with Crippen LogP contribution in [0.2, 0.25) is 0 Å². The molecule has 2 aromatic rings. The van der Waals surface area contributed by atoms with Crippen molar-refractivity contribution in [3.8, 4) is 0 Å². The van der Waals surface area contributed by atoms with Gasteiger partial charge in [-0.05, 0) is 47.9 Å². The summed E-state index contributed by atoms with van der Waals surface area (Å²) in [6, 6.07) is 15.3. The molecule has 2 atom stereocenters. The van der Waals surface area contributed by atoms with E-state index in [1.807, 2.05) is 11.8 Å². The van der Waals surface area contributed by atoms with Crippen LogP contribution in [0.3, 0.4) is 0 Å². The van der Waals surface area contributed by atoms with Gasteiger partial charge < -0.3 is 16.0 Å². The molecule has 0 bridgehead atoms. The highest BCUT2D eigenvalue weighted by Gasteiger charge is 2.36. The van der Waals surface area contributed by atoms with Gasteiger partial charge in [0, 0.05) is 37.5 Å². The molecule has 1 heterocycles. The van der Waals surface area contributed by atoms with Gasteiger partial charge in [0.05, 0.1) is 0 Å². The molecule has 174 valence electrons. The zero-order chi connectivity index (χ0) is 23.1. The van der Waals surface area contributed by atoms with Crippen molar-refractivity contribution in [2.45, 2.75) is 65.5 Å². The van der Waals surface area contributed by atoms with Crippen molar-refractivity contribution in [2.24, 2.45) is 23.5 Å². The van der Waals surface area contributed by atoms with Gasteiger partial charge >= 0.3 is 0 Å². The Morgan fingerprint density at radius 1 is 1.06 bits per heavy atom. The molecule has 5 heteroatoms. The summed E-state index contributed by atoms with van der Waals surface area (Å²) >= 11 is 0. The highest BCUT2D eigenvalue weighted by Crippen LogP contribution is 2.28. The number of fused-ring (bicyclic) bond motifs is 1. The fraction of sp³-hybridized carbons (Fsp3) is 0.556. The monoisotopic (exact) mass is 437 g/mol. The molecule has 3 N–H and O–H groups in total. The fourth-order valence-corrected chi connectivity index (χ4v) is 5.04. The first kappa shape index (κ1) is 24.2. The van der Waals surface area contributed by atoms with Crippen LogP contribution in [0.4, 0.5) is 0 Å². The summed E-state index contributed by atoms with van der Waals surface area (Å²) in [4.78, 5) is 27.5. The molecule has 0 unspecified atom stereocenters. The number of benzene rings is 2. The lowest BCUT2D eigenvalue weighted by atomic mass is 9.81. The molecule has 2 aromatic carbocycles. The summed E-state index contributed by atoms with van der Waals surface area (Å²) < 4.78 is 0. The Kier molecular flexibility index (Phi) is 8.68. The second-order valence-electron chi connectivity index (χ2n) is 9.65.